The summed E-state index contributed by atoms with van der Waals surface area (Å²) in [6, 6.07) is 18.9. The third-order valence-corrected chi connectivity index (χ3v) is 8.07. The van der Waals surface area contributed by atoms with Crippen LogP contribution in [0.5, 0.6) is 5.75 Å². The van der Waals surface area contributed by atoms with Crippen molar-refractivity contribution < 1.29 is 22.7 Å². The fraction of sp³-hybridized carbons (Fsp3) is 0.286. The van der Waals surface area contributed by atoms with E-state index >= 15 is 0 Å². The highest BCUT2D eigenvalue weighted by molar-refractivity contribution is 7.92. The van der Waals surface area contributed by atoms with E-state index in [9.17, 15) is 18.0 Å². The first-order valence-corrected chi connectivity index (χ1v) is 13.9. The molecular weight excluding hydrogens is 526 g/mol. The topological polar surface area (TPSA) is 96.0 Å². The number of aryl methyl sites for hydroxylation is 1. The second-order valence-electron chi connectivity index (χ2n) is 8.74. The molecule has 0 aliphatic heterocycles. The molecule has 3 aromatic rings. The fourth-order valence-electron chi connectivity index (χ4n) is 3.81. The van der Waals surface area contributed by atoms with Gasteiger partial charge in [-0.3, -0.25) is 13.9 Å². The summed E-state index contributed by atoms with van der Waals surface area (Å²) in [6.07, 6.45) is 0. The smallest absolute Gasteiger partial charge is 0.264 e. The van der Waals surface area contributed by atoms with Crippen LogP contribution in [0.15, 0.2) is 77.7 Å². The Kier molecular flexibility index (Phi) is 9.77. The number of rotatable bonds is 11. The van der Waals surface area contributed by atoms with Gasteiger partial charge >= 0.3 is 0 Å². The van der Waals surface area contributed by atoms with Gasteiger partial charge in [-0.2, -0.15) is 0 Å². The highest BCUT2D eigenvalue weighted by atomic mass is 35.5. The largest absolute Gasteiger partial charge is 0.497 e. The molecule has 10 heteroatoms. The summed E-state index contributed by atoms with van der Waals surface area (Å²) in [5, 5.41) is 3.27. The van der Waals surface area contributed by atoms with Crippen LogP contribution < -0.4 is 14.4 Å². The van der Waals surface area contributed by atoms with Crippen LogP contribution in [-0.4, -0.2) is 51.4 Å². The van der Waals surface area contributed by atoms with E-state index in [-0.39, 0.29) is 23.0 Å². The second-order valence-corrected chi connectivity index (χ2v) is 11.0. The Labute approximate surface area is 229 Å². The number of amides is 2. The molecule has 1 N–H and O–H groups in total. The first-order chi connectivity index (χ1) is 18.1. The van der Waals surface area contributed by atoms with Crippen LogP contribution in [-0.2, 0) is 26.2 Å². The number of nitrogens with zero attached hydrogens (tertiary/aromatic N) is 2. The zero-order chi connectivity index (χ0) is 27.9. The molecule has 38 heavy (non-hydrogen) atoms. The molecule has 0 bridgehead atoms. The van der Waals surface area contributed by atoms with Crippen LogP contribution in [0.2, 0.25) is 5.02 Å². The average Bonchev–Trinajstić information content (AvgIpc) is 2.91. The number of anilines is 1. The number of ether oxygens (including phenoxy) is 1. The molecule has 2 amide bonds. The van der Waals surface area contributed by atoms with Crippen LogP contribution >= 0.6 is 11.6 Å². The molecule has 0 saturated heterocycles. The van der Waals surface area contributed by atoms with E-state index in [4.69, 9.17) is 16.3 Å². The number of nitrogens with one attached hydrogen (secondary N) is 1. The van der Waals surface area contributed by atoms with Crippen molar-refractivity contribution in [2.45, 2.75) is 38.3 Å². The van der Waals surface area contributed by atoms with Gasteiger partial charge in [0.1, 0.15) is 18.3 Å². The van der Waals surface area contributed by atoms with Gasteiger partial charge in [-0.25, -0.2) is 8.42 Å². The second kappa shape index (κ2) is 12.8. The van der Waals surface area contributed by atoms with Crippen molar-refractivity contribution in [3.8, 4) is 5.75 Å². The third-order valence-electron chi connectivity index (χ3n) is 6.03. The number of halogens is 1. The van der Waals surface area contributed by atoms with Crippen molar-refractivity contribution >= 4 is 39.1 Å². The highest BCUT2D eigenvalue weighted by Crippen LogP contribution is 2.27. The molecule has 0 heterocycles. The van der Waals surface area contributed by atoms with Gasteiger partial charge in [0, 0.05) is 18.1 Å². The molecule has 3 aromatic carbocycles. The van der Waals surface area contributed by atoms with Crippen molar-refractivity contribution in [2.24, 2.45) is 0 Å². The van der Waals surface area contributed by atoms with E-state index in [2.05, 4.69) is 5.32 Å². The molecule has 0 radical (unpaired) electrons. The molecule has 0 fully saturated rings. The van der Waals surface area contributed by atoms with Gasteiger partial charge in [-0.1, -0.05) is 41.4 Å². The summed E-state index contributed by atoms with van der Waals surface area (Å²) in [4.78, 5) is 27.9. The molecule has 1 atom stereocenters. The quantitative estimate of drug-likeness (QED) is 0.377. The minimum absolute atomic E-state index is 0.0488. The minimum atomic E-state index is -4.13. The summed E-state index contributed by atoms with van der Waals surface area (Å²) in [5.41, 5.74) is 1.94. The Morgan fingerprint density at radius 1 is 0.974 bits per heavy atom. The molecule has 1 unspecified atom stereocenters. The maximum absolute atomic E-state index is 13.8. The summed E-state index contributed by atoms with van der Waals surface area (Å²) >= 11 is 6.01. The van der Waals surface area contributed by atoms with Crippen molar-refractivity contribution in [1.82, 2.24) is 10.2 Å². The van der Waals surface area contributed by atoms with E-state index < -0.39 is 28.5 Å². The maximum atomic E-state index is 13.8. The zero-order valence-corrected chi connectivity index (χ0v) is 23.4. The van der Waals surface area contributed by atoms with Crippen LogP contribution in [0.3, 0.4) is 0 Å². The lowest BCUT2D eigenvalue weighted by molar-refractivity contribution is -0.139. The number of benzene rings is 3. The van der Waals surface area contributed by atoms with E-state index in [0.717, 1.165) is 15.4 Å². The maximum Gasteiger partial charge on any atom is 0.264 e. The van der Waals surface area contributed by atoms with Gasteiger partial charge in [0.15, 0.2) is 0 Å². The van der Waals surface area contributed by atoms with Gasteiger partial charge in [-0.05, 0) is 74.9 Å². The normalized spacial score (nSPS) is 11.9. The van der Waals surface area contributed by atoms with Crippen molar-refractivity contribution in [1.29, 1.82) is 0 Å². The van der Waals surface area contributed by atoms with Crippen LogP contribution in [0, 0.1) is 6.92 Å². The lowest BCUT2D eigenvalue weighted by Gasteiger charge is -2.32. The number of carbonyl (C=O) groups excluding carboxylic acids is 2. The Hall–Kier alpha value is -3.56. The van der Waals surface area contributed by atoms with E-state index in [1.54, 1.807) is 74.5 Å². The summed E-state index contributed by atoms with van der Waals surface area (Å²) in [7, 11) is -2.62. The lowest BCUT2D eigenvalue weighted by atomic mass is 10.1. The monoisotopic (exact) mass is 557 g/mol. The molecular formula is C28H32ClN3O5S. The fourth-order valence-corrected chi connectivity index (χ4v) is 5.35. The van der Waals surface area contributed by atoms with Gasteiger partial charge < -0.3 is 15.0 Å². The SMILES string of the molecule is CCNC(=O)C(C)N(Cc1ccc(Cl)cc1)C(=O)CN(c1ccc(OC)cc1)S(=O)(=O)c1ccc(C)cc1. The summed E-state index contributed by atoms with van der Waals surface area (Å²) in [6.45, 7) is 5.24. The van der Waals surface area contributed by atoms with E-state index in [0.29, 0.717) is 17.3 Å². The lowest BCUT2D eigenvalue weighted by Crippen LogP contribution is -2.51. The van der Waals surface area contributed by atoms with E-state index in [1.165, 1.54) is 24.1 Å². The third kappa shape index (κ3) is 7.05. The van der Waals surface area contributed by atoms with Crippen LogP contribution in [0.1, 0.15) is 25.0 Å². The Morgan fingerprint density at radius 3 is 2.13 bits per heavy atom. The molecule has 202 valence electrons. The molecule has 8 nitrogen and oxygen atoms in total. The zero-order valence-electron chi connectivity index (χ0n) is 21.8. The molecule has 3 rings (SSSR count). The highest BCUT2D eigenvalue weighted by Gasteiger charge is 2.32. The number of hydrogen-bond donors (Lipinski definition) is 1. The predicted octanol–water partition coefficient (Wildman–Crippen LogP) is 4.41. The van der Waals surface area contributed by atoms with E-state index in [1.807, 2.05) is 6.92 Å². The molecule has 0 aliphatic rings. The number of methoxy groups -OCH3 is 1. The van der Waals surface area contributed by atoms with Crippen molar-refractivity contribution in [3.63, 3.8) is 0 Å². The molecule has 0 saturated carbocycles. The van der Waals surface area contributed by atoms with Crippen LogP contribution in [0.4, 0.5) is 5.69 Å². The van der Waals surface area contributed by atoms with Gasteiger partial charge in [-0.15, -0.1) is 0 Å². The van der Waals surface area contributed by atoms with Gasteiger partial charge in [0.2, 0.25) is 11.8 Å². The predicted molar refractivity (Wildman–Crippen MR) is 149 cm³/mol. The minimum Gasteiger partial charge on any atom is -0.497 e. The Morgan fingerprint density at radius 2 is 1.58 bits per heavy atom. The van der Waals surface area contributed by atoms with Crippen LogP contribution in [0.25, 0.3) is 0 Å². The summed E-state index contributed by atoms with van der Waals surface area (Å²) < 4.78 is 33.8. The first-order valence-electron chi connectivity index (χ1n) is 12.1. The van der Waals surface area contributed by atoms with Gasteiger partial charge in [0.25, 0.3) is 10.0 Å². The Bertz CT molecular complexity index is 1340. The average molecular weight is 558 g/mol. The number of likely N-dealkylation sites (N-methyl/N-ethyl adjacent to an activating group) is 1. The standard InChI is InChI=1S/C28H32ClN3O5S/c1-5-30-28(34)21(3)31(18-22-8-10-23(29)11-9-22)27(33)19-32(24-12-14-25(37-4)15-13-24)38(35,36)26-16-6-20(2)7-17-26/h6-17,21H,5,18-19H2,1-4H3,(H,30,34). The first kappa shape index (κ1) is 29.0. The number of carbonyl (C=O) groups is 2. The van der Waals surface area contributed by atoms with Crippen molar-refractivity contribution in [2.75, 3.05) is 24.5 Å². The van der Waals surface area contributed by atoms with Crippen molar-refractivity contribution in [3.05, 3.63) is 88.9 Å². The summed E-state index contributed by atoms with van der Waals surface area (Å²) in [5.74, 6) is -0.334. The molecule has 0 aromatic heterocycles. The number of hydrogen-bond acceptors (Lipinski definition) is 5. The Balaban J connectivity index is 2.02. The van der Waals surface area contributed by atoms with Gasteiger partial charge in [0.05, 0.1) is 17.7 Å². The molecule has 0 spiro atoms. The number of sulfonamides is 1. The molecule has 0 aliphatic carbocycles.